The van der Waals surface area contributed by atoms with Crippen LogP contribution in [0.1, 0.15) is 24.5 Å². The summed E-state index contributed by atoms with van der Waals surface area (Å²) in [6, 6.07) is 17.9. The van der Waals surface area contributed by atoms with Crippen LogP contribution in [0.3, 0.4) is 0 Å². The summed E-state index contributed by atoms with van der Waals surface area (Å²) in [5.41, 5.74) is 0.0189. The van der Waals surface area contributed by atoms with Gasteiger partial charge in [-0.2, -0.15) is 17.6 Å². The maximum absolute atomic E-state index is 15.2. The van der Waals surface area contributed by atoms with Crippen LogP contribution in [0.15, 0.2) is 103 Å². The Labute approximate surface area is 269 Å². The summed E-state index contributed by atoms with van der Waals surface area (Å²) in [5.74, 6) is -8.69. The number of halogens is 9. The van der Waals surface area contributed by atoms with Gasteiger partial charge in [-0.3, -0.25) is 0 Å². The Balaban J connectivity index is 1.35. The average Bonchev–Trinajstić information content (AvgIpc) is 3.02. The van der Waals surface area contributed by atoms with Crippen LogP contribution in [0.5, 0.6) is 11.5 Å². The van der Waals surface area contributed by atoms with Gasteiger partial charge in [0.2, 0.25) is 0 Å². The van der Waals surface area contributed by atoms with Gasteiger partial charge in [0.25, 0.3) is 0 Å². The molecule has 0 radical (unpaired) electrons. The molecule has 0 bridgehead atoms. The van der Waals surface area contributed by atoms with Crippen LogP contribution in [0.2, 0.25) is 0 Å². The van der Waals surface area contributed by atoms with Gasteiger partial charge in [-0.15, -0.1) is 0 Å². The van der Waals surface area contributed by atoms with Crippen molar-refractivity contribution in [3.05, 3.63) is 143 Å². The van der Waals surface area contributed by atoms with Crippen molar-refractivity contribution < 1.29 is 49.0 Å². The van der Waals surface area contributed by atoms with Crippen molar-refractivity contribution in [1.29, 1.82) is 0 Å². The quantitative estimate of drug-likeness (QED) is 0.103. The van der Waals surface area contributed by atoms with Crippen LogP contribution in [-0.4, -0.2) is 6.61 Å². The Kier molecular flexibility index (Phi) is 10.2. The zero-order valence-corrected chi connectivity index (χ0v) is 25.0. The topological polar surface area (TPSA) is 18.5 Å². The molecule has 0 fully saturated rings. The standard InChI is InChI=1S/C37H25F9O2/c1-2-3-4-5-21-6-8-22(9-7-21)23-10-13-27(29(38)16-23)24-11-14-28(30(39)17-24)25-18-32(41)35(33(42)19-25)37(45,46)48-26-12-15-34(31(40)20-26)47-36(43)44/h2-3,6-20,36H,4-5H2,1H3/b3-2+. The second-order valence-electron chi connectivity index (χ2n) is 10.6. The van der Waals surface area contributed by atoms with E-state index in [0.717, 1.165) is 36.1 Å². The van der Waals surface area contributed by atoms with Crippen molar-refractivity contribution in [3.63, 3.8) is 0 Å². The Morgan fingerprint density at radius 3 is 1.77 bits per heavy atom. The molecule has 0 aliphatic heterocycles. The third-order valence-electron chi connectivity index (χ3n) is 7.38. The summed E-state index contributed by atoms with van der Waals surface area (Å²) in [6.07, 6.45) is 1.11. The van der Waals surface area contributed by atoms with Crippen molar-refractivity contribution in [1.82, 2.24) is 0 Å². The number of alkyl halides is 4. The number of rotatable bonds is 11. The molecule has 0 aliphatic carbocycles. The fourth-order valence-corrected chi connectivity index (χ4v) is 5.07. The number of aryl methyl sites for hydroxylation is 1. The third kappa shape index (κ3) is 7.67. The first-order valence-corrected chi connectivity index (χ1v) is 14.5. The molecule has 11 heteroatoms. The molecule has 248 valence electrons. The molecule has 0 N–H and O–H groups in total. The van der Waals surface area contributed by atoms with Crippen LogP contribution in [0.4, 0.5) is 39.5 Å². The molecular weight excluding hydrogens is 647 g/mol. The van der Waals surface area contributed by atoms with E-state index in [1.54, 1.807) is 6.07 Å². The minimum atomic E-state index is -4.70. The first-order valence-electron chi connectivity index (χ1n) is 14.5. The lowest BCUT2D eigenvalue weighted by molar-refractivity contribution is -0.189. The van der Waals surface area contributed by atoms with E-state index in [1.807, 2.05) is 37.3 Å². The largest absolute Gasteiger partial charge is 0.432 e. The lowest BCUT2D eigenvalue weighted by Crippen LogP contribution is -2.25. The second-order valence-corrected chi connectivity index (χ2v) is 10.6. The molecule has 0 aliphatic rings. The van der Waals surface area contributed by atoms with E-state index < -0.39 is 64.4 Å². The summed E-state index contributed by atoms with van der Waals surface area (Å²) >= 11 is 0. The molecule has 0 spiro atoms. The monoisotopic (exact) mass is 672 g/mol. The van der Waals surface area contributed by atoms with Gasteiger partial charge in [-0.25, -0.2) is 22.0 Å². The number of allylic oxidation sites excluding steroid dienone is 2. The van der Waals surface area contributed by atoms with Gasteiger partial charge < -0.3 is 9.47 Å². The lowest BCUT2D eigenvalue weighted by Gasteiger charge is -2.20. The minimum absolute atomic E-state index is 0.0573. The SMILES string of the molecule is C/C=C/CCc1ccc(-c2ccc(-c3ccc(-c4cc(F)c(C(F)(F)Oc5ccc(OC(F)F)c(F)c5)c(F)c4)c(F)c3)c(F)c2)cc1. The number of hydrogen-bond acceptors (Lipinski definition) is 2. The van der Waals surface area contributed by atoms with Gasteiger partial charge in [0.15, 0.2) is 11.6 Å². The van der Waals surface area contributed by atoms with Crippen LogP contribution >= 0.6 is 0 Å². The van der Waals surface area contributed by atoms with E-state index in [4.69, 9.17) is 0 Å². The average molecular weight is 673 g/mol. The molecule has 0 amide bonds. The molecule has 48 heavy (non-hydrogen) atoms. The number of benzene rings is 5. The Morgan fingerprint density at radius 2 is 1.19 bits per heavy atom. The Hall–Kier alpha value is -5.19. The van der Waals surface area contributed by atoms with Crippen LogP contribution in [0.25, 0.3) is 33.4 Å². The van der Waals surface area contributed by atoms with E-state index >= 15 is 8.78 Å². The highest BCUT2D eigenvalue weighted by molar-refractivity contribution is 5.74. The van der Waals surface area contributed by atoms with E-state index in [9.17, 15) is 30.7 Å². The molecule has 5 rings (SSSR count). The molecule has 5 aromatic carbocycles. The third-order valence-corrected chi connectivity index (χ3v) is 7.38. The maximum atomic E-state index is 15.2. The maximum Gasteiger partial charge on any atom is 0.432 e. The smallest absolute Gasteiger partial charge is 0.432 e. The summed E-state index contributed by atoms with van der Waals surface area (Å²) in [7, 11) is 0. The fourth-order valence-electron chi connectivity index (χ4n) is 5.07. The van der Waals surface area contributed by atoms with Gasteiger partial charge in [0.05, 0.1) is 0 Å². The summed E-state index contributed by atoms with van der Waals surface area (Å²) in [5, 5.41) is 0. The highest BCUT2D eigenvalue weighted by atomic mass is 19.3. The molecule has 2 nitrogen and oxygen atoms in total. The van der Waals surface area contributed by atoms with Gasteiger partial charge in [-0.05, 0) is 84.0 Å². The molecular formula is C37H25F9O2. The van der Waals surface area contributed by atoms with Crippen molar-refractivity contribution in [2.75, 3.05) is 0 Å². The van der Waals surface area contributed by atoms with Gasteiger partial charge in [-0.1, -0.05) is 60.7 Å². The molecule has 0 unspecified atom stereocenters. The normalized spacial score (nSPS) is 11.8. The zero-order chi connectivity index (χ0) is 34.6. The van der Waals surface area contributed by atoms with E-state index in [0.29, 0.717) is 29.8 Å². The van der Waals surface area contributed by atoms with Crippen molar-refractivity contribution in [3.8, 4) is 44.9 Å². The highest BCUT2D eigenvalue weighted by Gasteiger charge is 2.41. The summed E-state index contributed by atoms with van der Waals surface area (Å²) < 4.78 is 137. The van der Waals surface area contributed by atoms with E-state index in [1.165, 1.54) is 18.2 Å². The molecule has 0 saturated heterocycles. The minimum Gasteiger partial charge on any atom is -0.432 e. The lowest BCUT2D eigenvalue weighted by atomic mass is 9.96. The molecule has 0 saturated carbocycles. The summed E-state index contributed by atoms with van der Waals surface area (Å²) in [4.78, 5) is 0. The molecule has 0 aromatic heterocycles. The molecule has 0 atom stereocenters. The number of ether oxygens (including phenoxy) is 2. The van der Waals surface area contributed by atoms with Crippen molar-refractivity contribution in [2.45, 2.75) is 32.5 Å². The Bertz CT molecular complexity index is 1930. The van der Waals surface area contributed by atoms with Gasteiger partial charge >= 0.3 is 12.7 Å². The first-order chi connectivity index (χ1) is 22.9. The summed E-state index contributed by atoms with van der Waals surface area (Å²) in [6.45, 7) is -1.44. The Morgan fingerprint density at radius 1 is 0.625 bits per heavy atom. The van der Waals surface area contributed by atoms with E-state index in [-0.39, 0.29) is 22.8 Å². The van der Waals surface area contributed by atoms with Crippen LogP contribution in [-0.2, 0) is 12.5 Å². The van der Waals surface area contributed by atoms with Crippen LogP contribution in [0, 0.1) is 29.1 Å². The second kappa shape index (κ2) is 14.3. The highest BCUT2D eigenvalue weighted by Crippen LogP contribution is 2.39. The number of hydrogen-bond donors (Lipinski definition) is 0. The van der Waals surface area contributed by atoms with Crippen LogP contribution < -0.4 is 9.47 Å². The predicted molar refractivity (Wildman–Crippen MR) is 163 cm³/mol. The van der Waals surface area contributed by atoms with Gasteiger partial charge in [0.1, 0.15) is 34.6 Å². The molecule has 5 aromatic rings. The van der Waals surface area contributed by atoms with Crippen molar-refractivity contribution in [2.24, 2.45) is 0 Å². The van der Waals surface area contributed by atoms with Crippen molar-refractivity contribution >= 4 is 0 Å². The van der Waals surface area contributed by atoms with Gasteiger partial charge in [0, 0.05) is 17.2 Å². The predicted octanol–water partition coefficient (Wildman–Crippen LogP) is 11.6. The zero-order valence-electron chi connectivity index (χ0n) is 25.0. The molecule has 0 heterocycles. The fraction of sp³-hybridized carbons (Fsp3) is 0.135. The first kappa shape index (κ1) is 34.2. The van der Waals surface area contributed by atoms with E-state index in [2.05, 4.69) is 15.5 Å².